The van der Waals surface area contributed by atoms with E-state index in [0.717, 1.165) is 5.56 Å². The fourth-order valence-corrected chi connectivity index (χ4v) is 6.21. The smallest absolute Gasteiger partial charge is 0.343 e. The van der Waals surface area contributed by atoms with Gasteiger partial charge in [0, 0.05) is 22.6 Å². The van der Waals surface area contributed by atoms with Gasteiger partial charge in [-0.15, -0.1) is 0 Å². The minimum Gasteiger partial charge on any atom is -0.458 e. The van der Waals surface area contributed by atoms with Crippen LogP contribution in [0.5, 0.6) is 0 Å². The number of cyclic esters (lactones) is 1. The Labute approximate surface area is 222 Å². The lowest BCUT2D eigenvalue weighted by atomic mass is 9.81. The second-order valence-corrected chi connectivity index (χ2v) is 10.5. The van der Waals surface area contributed by atoms with E-state index in [1.54, 1.807) is 19.9 Å². The summed E-state index contributed by atoms with van der Waals surface area (Å²) >= 11 is 0. The van der Waals surface area contributed by atoms with Crippen molar-refractivity contribution in [2.24, 2.45) is 5.92 Å². The SMILES string of the molecule is CC[C@@]1(O)C(=O)OCc2c1cc1n(c2=O)Cc2c-1nc1cc(F)c(C)c3c1c2[C@@H](NC(=O)C(CO)CO)CC3. The van der Waals surface area contributed by atoms with Crippen molar-refractivity contribution in [3.05, 3.63) is 61.7 Å². The predicted octanol–water partition coefficient (Wildman–Crippen LogP) is 1.23. The molecule has 0 spiro atoms. The number of pyridine rings is 2. The molecule has 1 aliphatic carbocycles. The number of aliphatic hydroxyl groups is 3. The second kappa shape index (κ2) is 8.94. The number of nitrogens with zero attached hydrogens (tertiary/aromatic N) is 2. The van der Waals surface area contributed by atoms with Gasteiger partial charge in [-0.05, 0) is 48.9 Å². The van der Waals surface area contributed by atoms with E-state index in [1.807, 2.05) is 0 Å². The first-order chi connectivity index (χ1) is 18.6. The monoisotopic (exact) mass is 537 g/mol. The number of nitrogens with one attached hydrogen (secondary N) is 1. The van der Waals surface area contributed by atoms with Crippen LogP contribution < -0.4 is 10.9 Å². The highest BCUT2D eigenvalue weighted by Gasteiger charge is 2.46. The van der Waals surface area contributed by atoms with Crippen LogP contribution >= 0.6 is 0 Å². The summed E-state index contributed by atoms with van der Waals surface area (Å²) in [7, 11) is 0. The Bertz CT molecular complexity index is 1650. The molecule has 2 atom stereocenters. The van der Waals surface area contributed by atoms with Crippen LogP contribution in [0.4, 0.5) is 4.39 Å². The molecule has 4 heterocycles. The summed E-state index contributed by atoms with van der Waals surface area (Å²) < 4.78 is 21.6. The highest BCUT2D eigenvalue weighted by Crippen LogP contribution is 2.46. The maximum absolute atomic E-state index is 15.0. The third kappa shape index (κ3) is 3.49. The number of ether oxygens (including phenoxy) is 1. The van der Waals surface area contributed by atoms with E-state index in [1.165, 1.54) is 10.6 Å². The molecule has 39 heavy (non-hydrogen) atoms. The molecule has 4 N–H and O–H groups in total. The minimum absolute atomic E-state index is 0.00379. The number of aliphatic hydroxyl groups excluding tert-OH is 2. The number of hydrogen-bond donors (Lipinski definition) is 4. The maximum atomic E-state index is 15.0. The van der Waals surface area contributed by atoms with E-state index in [9.17, 15) is 34.1 Å². The van der Waals surface area contributed by atoms with Crippen molar-refractivity contribution in [1.29, 1.82) is 0 Å². The van der Waals surface area contributed by atoms with Gasteiger partial charge in [0.05, 0.1) is 54.2 Å². The number of carbonyl (C=O) groups is 2. The molecule has 2 aromatic heterocycles. The van der Waals surface area contributed by atoms with Crippen LogP contribution in [0.3, 0.4) is 0 Å². The van der Waals surface area contributed by atoms with E-state index < -0.39 is 54.0 Å². The van der Waals surface area contributed by atoms with Crippen molar-refractivity contribution in [3.63, 3.8) is 0 Å². The maximum Gasteiger partial charge on any atom is 0.343 e. The van der Waals surface area contributed by atoms with E-state index in [2.05, 4.69) is 5.32 Å². The molecule has 0 unspecified atom stereocenters. The van der Waals surface area contributed by atoms with Crippen LogP contribution in [0, 0.1) is 18.7 Å². The van der Waals surface area contributed by atoms with Gasteiger partial charge in [0.1, 0.15) is 12.4 Å². The average molecular weight is 538 g/mol. The van der Waals surface area contributed by atoms with Gasteiger partial charge in [-0.3, -0.25) is 9.59 Å². The van der Waals surface area contributed by atoms with Gasteiger partial charge in [-0.25, -0.2) is 14.2 Å². The predicted molar refractivity (Wildman–Crippen MR) is 136 cm³/mol. The zero-order chi connectivity index (χ0) is 27.8. The average Bonchev–Trinajstić information content (AvgIpc) is 3.29. The van der Waals surface area contributed by atoms with E-state index in [0.29, 0.717) is 51.8 Å². The quantitative estimate of drug-likeness (QED) is 0.278. The van der Waals surface area contributed by atoms with Gasteiger partial charge in [0.15, 0.2) is 5.60 Å². The number of esters is 1. The minimum atomic E-state index is -1.98. The molecule has 10 nitrogen and oxygen atoms in total. The lowest BCUT2D eigenvalue weighted by Gasteiger charge is -2.31. The lowest BCUT2D eigenvalue weighted by molar-refractivity contribution is -0.172. The summed E-state index contributed by atoms with van der Waals surface area (Å²) in [5, 5.41) is 33.9. The second-order valence-electron chi connectivity index (χ2n) is 10.5. The molecule has 1 aromatic carbocycles. The molecule has 0 bridgehead atoms. The van der Waals surface area contributed by atoms with Crippen molar-refractivity contribution < 1.29 is 34.0 Å². The van der Waals surface area contributed by atoms with Crippen LogP contribution in [-0.4, -0.2) is 50.0 Å². The molecule has 11 heteroatoms. The van der Waals surface area contributed by atoms with E-state index in [4.69, 9.17) is 9.72 Å². The Hall–Kier alpha value is -3.67. The van der Waals surface area contributed by atoms with Crippen molar-refractivity contribution in [3.8, 4) is 11.4 Å². The molecule has 6 rings (SSSR count). The standard InChI is InChI=1S/C28H28FN3O7/c1-3-28(38)17-6-21-24-15(8-32(21)26(36)16(17)11-39-27(28)37)23-19(31-25(35)13(9-33)10-34)5-4-14-12(2)18(29)7-20(30-24)22(14)23/h6-7,13,19,33-34,38H,3-5,8-11H2,1-2H3,(H,31,35)/t19-,28-/m0/s1. The molecule has 1 amide bonds. The molecule has 0 radical (unpaired) electrons. The summed E-state index contributed by atoms with van der Waals surface area (Å²) in [5.41, 5.74) is 1.78. The number of carbonyl (C=O) groups excluding carboxylic acids is 2. The van der Waals surface area contributed by atoms with Crippen molar-refractivity contribution in [2.45, 2.75) is 57.9 Å². The van der Waals surface area contributed by atoms with Crippen molar-refractivity contribution in [1.82, 2.24) is 14.9 Å². The number of halogens is 1. The van der Waals surface area contributed by atoms with Crippen LogP contribution in [0.15, 0.2) is 16.9 Å². The number of aromatic nitrogens is 2. The Morgan fingerprint density at radius 1 is 1.26 bits per heavy atom. The van der Waals surface area contributed by atoms with Crippen LogP contribution in [0.25, 0.3) is 22.3 Å². The third-order valence-electron chi connectivity index (χ3n) is 8.51. The summed E-state index contributed by atoms with van der Waals surface area (Å²) in [6.07, 6.45) is 0.924. The van der Waals surface area contributed by atoms with Gasteiger partial charge < -0.3 is 29.9 Å². The summed E-state index contributed by atoms with van der Waals surface area (Å²) in [4.78, 5) is 43.8. The van der Waals surface area contributed by atoms with Gasteiger partial charge >= 0.3 is 5.97 Å². The van der Waals surface area contributed by atoms with Gasteiger partial charge in [-0.2, -0.15) is 0 Å². The topological polar surface area (TPSA) is 151 Å². The number of aryl methyl sites for hydroxylation is 1. The van der Waals surface area contributed by atoms with Crippen LogP contribution in [0.2, 0.25) is 0 Å². The summed E-state index contributed by atoms with van der Waals surface area (Å²) in [6, 6.07) is 2.39. The summed E-state index contributed by atoms with van der Waals surface area (Å²) in [6.45, 7) is 2.14. The molecule has 0 saturated carbocycles. The fraction of sp³-hybridized carbons (Fsp3) is 0.429. The van der Waals surface area contributed by atoms with Gasteiger partial charge in [-0.1, -0.05) is 6.92 Å². The molecule has 204 valence electrons. The summed E-state index contributed by atoms with van der Waals surface area (Å²) in [5.74, 6) is -2.75. The Kier molecular flexibility index (Phi) is 5.87. The van der Waals surface area contributed by atoms with Gasteiger partial charge in [0.2, 0.25) is 5.91 Å². The molecule has 2 aliphatic heterocycles. The molecular formula is C28H28FN3O7. The Morgan fingerprint density at radius 3 is 2.69 bits per heavy atom. The number of fused-ring (bicyclic) bond motifs is 5. The third-order valence-corrected chi connectivity index (χ3v) is 8.51. The first kappa shape index (κ1) is 25.6. The normalized spacial score (nSPS) is 21.0. The molecule has 0 saturated heterocycles. The number of amides is 1. The molecule has 0 fully saturated rings. The zero-order valence-corrected chi connectivity index (χ0v) is 21.5. The Morgan fingerprint density at radius 2 is 2.00 bits per heavy atom. The van der Waals surface area contributed by atoms with Crippen molar-refractivity contribution >= 4 is 22.8 Å². The van der Waals surface area contributed by atoms with Crippen LogP contribution in [0.1, 0.15) is 59.2 Å². The van der Waals surface area contributed by atoms with Gasteiger partial charge in [0.25, 0.3) is 5.56 Å². The van der Waals surface area contributed by atoms with E-state index in [-0.39, 0.29) is 30.7 Å². The first-order valence-electron chi connectivity index (χ1n) is 13.0. The fourth-order valence-electron chi connectivity index (χ4n) is 6.21. The number of hydrogen-bond acceptors (Lipinski definition) is 8. The van der Waals surface area contributed by atoms with Crippen molar-refractivity contribution in [2.75, 3.05) is 13.2 Å². The first-order valence-corrected chi connectivity index (χ1v) is 13.0. The Balaban J connectivity index is 1.61. The molecule has 3 aliphatic rings. The lowest BCUT2D eigenvalue weighted by Crippen LogP contribution is -2.44. The largest absolute Gasteiger partial charge is 0.458 e. The van der Waals surface area contributed by atoms with Crippen LogP contribution in [-0.2, 0) is 39.5 Å². The number of benzene rings is 1. The molecule has 3 aromatic rings. The highest BCUT2D eigenvalue weighted by molar-refractivity contribution is 5.94. The zero-order valence-electron chi connectivity index (χ0n) is 21.5. The molecular weight excluding hydrogens is 509 g/mol. The number of rotatable bonds is 5. The van der Waals surface area contributed by atoms with E-state index >= 15 is 0 Å². The highest BCUT2D eigenvalue weighted by atomic mass is 19.1.